The summed E-state index contributed by atoms with van der Waals surface area (Å²) in [4.78, 5) is 11.3. The molecule has 0 aliphatic heterocycles. The molecule has 4 fully saturated rings. The van der Waals surface area contributed by atoms with Gasteiger partial charge < -0.3 is 16.8 Å². The van der Waals surface area contributed by atoms with E-state index in [-0.39, 0.29) is 12.5 Å². The van der Waals surface area contributed by atoms with Gasteiger partial charge in [-0.05, 0) is 85.9 Å². The second kappa shape index (κ2) is 12.2. The first-order valence-corrected chi connectivity index (χ1v) is 14.0. The minimum atomic E-state index is 0.00163. The topological polar surface area (TPSA) is 81.1 Å². The quantitative estimate of drug-likeness (QED) is 0.490. The lowest BCUT2D eigenvalue weighted by molar-refractivity contribution is -0.123. The van der Waals surface area contributed by atoms with Crippen molar-refractivity contribution in [3.63, 3.8) is 0 Å². The Labute approximate surface area is 199 Å². The first-order chi connectivity index (χ1) is 15.2. The average molecular weight is 450 g/mol. The number of carbonyl (C=O) groups is 1. The molecule has 2 unspecified atom stereocenters. The summed E-state index contributed by atoms with van der Waals surface area (Å²) in [5, 5.41) is 3.03. The molecule has 4 aliphatic rings. The van der Waals surface area contributed by atoms with Gasteiger partial charge in [-0.1, -0.05) is 67.2 Å². The summed E-state index contributed by atoms with van der Waals surface area (Å²) in [6.07, 6.45) is 16.4. The molecule has 0 aromatic rings. The number of nitrogens with one attached hydrogen (secondary N) is 1. The Bertz CT molecular complexity index is 556. The maximum atomic E-state index is 11.3. The third-order valence-electron chi connectivity index (χ3n) is 9.26. The van der Waals surface area contributed by atoms with E-state index in [1.165, 1.54) is 77.0 Å². The van der Waals surface area contributed by atoms with Gasteiger partial charge >= 0.3 is 0 Å². The zero-order valence-electron chi connectivity index (χ0n) is 22.2. The van der Waals surface area contributed by atoms with Crippen molar-refractivity contribution in [3.05, 3.63) is 0 Å². The summed E-state index contributed by atoms with van der Waals surface area (Å²) in [6.45, 7) is 13.6. The molecular formula is C28H55N3O. The Hall–Kier alpha value is -0.610. The van der Waals surface area contributed by atoms with Gasteiger partial charge in [0.05, 0.1) is 6.54 Å². The summed E-state index contributed by atoms with van der Waals surface area (Å²) in [6, 6.07) is 0.921. The monoisotopic (exact) mass is 449 g/mol. The van der Waals surface area contributed by atoms with Crippen molar-refractivity contribution in [1.82, 2.24) is 5.32 Å². The van der Waals surface area contributed by atoms with Crippen LogP contribution in [0.3, 0.4) is 0 Å². The van der Waals surface area contributed by atoms with Crippen LogP contribution in [0.5, 0.6) is 0 Å². The molecular weight excluding hydrogens is 394 g/mol. The van der Waals surface area contributed by atoms with Crippen LogP contribution >= 0.6 is 0 Å². The molecule has 2 spiro atoms. The van der Waals surface area contributed by atoms with E-state index in [2.05, 4.69) is 33.0 Å². The second-order valence-electron chi connectivity index (χ2n) is 12.0. The highest BCUT2D eigenvalue weighted by Gasteiger charge is 2.51. The highest BCUT2D eigenvalue weighted by molar-refractivity contribution is 5.78. The van der Waals surface area contributed by atoms with E-state index in [0.717, 1.165) is 23.7 Å². The lowest BCUT2D eigenvalue weighted by atomic mass is 9.51. The summed E-state index contributed by atoms with van der Waals surface area (Å²) < 4.78 is 0. The van der Waals surface area contributed by atoms with Gasteiger partial charge in [-0.2, -0.15) is 0 Å². The molecule has 0 saturated heterocycles. The predicted molar refractivity (Wildman–Crippen MR) is 137 cm³/mol. The van der Waals surface area contributed by atoms with Crippen LogP contribution in [0.4, 0.5) is 0 Å². The largest absolute Gasteiger partial charge is 0.352 e. The Balaban J connectivity index is 0.000000217. The van der Waals surface area contributed by atoms with Crippen LogP contribution in [-0.4, -0.2) is 24.5 Å². The summed E-state index contributed by atoms with van der Waals surface area (Å²) in [5.41, 5.74) is 12.5. The van der Waals surface area contributed by atoms with Crippen molar-refractivity contribution in [2.75, 3.05) is 6.54 Å². The van der Waals surface area contributed by atoms with Crippen molar-refractivity contribution in [3.8, 4) is 0 Å². The highest BCUT2D eigenvalue weighted by atomic mass is 16.1. The number of carbonyl (C=O) groups excluding carboxylic acids is 1. The van der Waals surface area contributed by atoms with Gasteiger partial charge in [0.15, 0.2) is 0 Å². The van der Waals surface area contributed by atoms with Crippen LogP contribution in [0.15, 0.2) is 0 Å². The van der Waals surface area contributed by atoms with Gasteiger partial charge in [-0.3, -0.25) is 4.79 Å². The van der Waals surface area contributed by atoms with Gasteiger partial charge in [0.2, 0.25) is 5.91 Å². The molecule has 4 rings (SSSR count). The van der Waals surface area contributed by atoms with E-state index in [1.54, 1.807) is 0 Å². The van der Waals surface area contributed by atoms with E-state index in [0.29, 0.717) is 22.9 Å². The number of nitrogens with two attached hydrogens (primary N) is 2. The van der Waals surface area contributed by atoms with Crippen LogP contribution in [0, 0.1) is 34.5 Å². The standard InChI is InChI=1S/C14H26N2O.C12H23N.C2H6/c1-10(2)12-5-3-4-6-14(12)7-11(8-14)16-13(17)9-15;1-9(2)11-5-3-4-6-12(11)7-10(13)8-12;1-2/h10-12H,3-9,15H2,1-2H3,(H,16,17);9-11H,3-8,13H2,1-2H3;1-2H3. The molecule has 4 aliphatic carbocycles. The molecule has 0 heterocycles. The fourth-order valence-electron chi connectivity index (χ4n) is 8.06. The molecule has 2 atom stereocenters. The van der Waals surface area contributed by atoms with E-state index in [9.17, 15) is 4.79 Å². The predicted octanol–water partition coefficient (Wildman–Crippen LogP) is 6.02. The maximum Gasteiger partial charge on any atom is 0.233 e. The van der Waals surface area contributed by atoms with Crippen LogP contribution in [0.2, 0.25) is 0 Å². The Morgan fingerprint density at radius 1 is 0.844 bits per heavy atom. The van der Waals surface area contributed by atoms with Gasteiger partial charge in [0.25, 0.3) is 0 Å². The zero-order valence-corrected chi connectivity index (χ0v) is 22.2. The molecule has 4 nitrogen and oxygen atoms in total. The Morgan fingerprint density at radius 3 is 1.66 bits per heavy atom. The number of amides is 1. The van der Waals surface area contributed by atoms with Crippen LogP contribution < -0.4 is 16.8 Å². The molecule has 32 heavy (non-hydrogen) atoms. The van der Waals surface area contributed by atoms with Gasteiger partial charge in [-0.15, -0.1) is 0 Å². The average Bonchev–Trinajstić information content (AvgIpc) is 2.74. The van der Waals surface area contributed by atoms with Crippen molar-refractivity contribution in [2.45, 2.75) is 131 Å². The first-order valence-electron chi connectivity index (χ1n) is 14.0. The summed E-state index contributed by atoms with van der Waals surface area (Å²) in [7, 11) is 0. The Kier molecular flexibility index (Phi) is 10.5. The van der Waals surface area contributed by atoms with Crippen LogP contribution in [0.25, 0.3) is 0 Å². The number of rotatable bonds is 4. The van der Waals surface area contributed by atoms with Crippen LogP contribution in [0.1, 0.15) is 119 Å². The van der Waals surface area contributed by atoms with E-state index < -0.39 is 0 Å². The molecule has 0 bridgehead atoms. The molecule has 0 aromatic heterocycles. The van der Waals surface area contributed by atoms with E-state index in [1.807, 2.05) is 13.8 Å². The third kappa shape index (κ3) is 6.29. The summed E-state index contributed by atoms with van der Waals surface area (Å²) in [5.74, 6) is 3.49. The SMILES string of the molecule is CC.CC(C)C1CCCCC12CC(N)C2.CC(C)C1CCCCC12CC(NC(=O)CN)C2. The lowest BCUT2D eigenvalue weighted by Gasteiger charge is -2.56. The molecule has 0 radical (unpaired) electrons. The van der Waals surface area contributed by atoms with Crippen molar-refractivity contribution in [1.29, 1.82) is 0 Å². The Morgan fingerprint density at radius 2 is 1.28 bits per heavy atom. The second-order valence-corrected chi connectivity index (χ2v) is 12.0. The third-order valence-corrected chi connectivity index (χ3v) is 9.26. The molecule has 5 N–H and O–H groups in total. The van der Waals surface area contributed by atoms with Crippen LogP contribution in [-0.2, 0) is 4.79 Å². The minimum absolute atomic E-state index is 0.00163. The van der Waals surface area contributed by atoms with Gasteiger partial charge in [-0.25, -0.2) is 0 Å². The minimum Gasteiger partial charge on any atom is -0.352 e. The smallest absolute Gasteiger partial charge is 0.233 e. The molecule has 0 aromatic carbocycles. The summed E-state index contributed by atoms with van der Waals surface area (Å²) >= 11 is 0. The van der Waals surface area contributed by atoms with E-state index >= 15 is 0 Å². The molecule has 188 valence electrons. The lowest BCUT2D eigenvalue weighted by Crippen LogP contribution is -2.56. The normalized spacial score (nSPS) is 38.2. The van der Waals surface area contributed by atoms with E-state index in [4.69, 9.17) is 11.5 Å². The van der Waals surface area contributed by atoms with Crippen molar-refractivity contribution < 1.29 is 4.79 Å². The fourth-order valence-corrected chi connectivity index (χ4v) is 8.06. The van der Waals surface area contributed by atoms with Gasteiger partial charge in [0, 0.05) is 12.1 Å². The zero-order chi connectivity index (χ0) is 23.9. The highest BCUT2D eigenvalue weighted by Crippen LogP contribution is 2.57. The van der Waals surface area contributed by atoms with Crippen molar-refractivity contribution in [2.24, 2.45) is 46.0 Å². The number of hydrogen-bond donors (Lipinski definition) is 3. The first kappa shape index (κ1) is 27.6. The maximum absolute atomic E-state index is 11.3. The van der Waals surface area contributed by atoms with Crippen molar-refractivity contribution >= 4 is 5.91 Å². The molecule has 1 amide bonds. The fraction of sp³-hybridized carbons (Fsp3) is 0.964. The molecule has 4 heteroatoms. The van der Waals surface area contributed by atoms with Gasteiger partial charge in [0.1, 0.15) is 0 Å². The molecule has 4 saturated carbocycles. The number of hydrogen-bond acceptors (Lipinski definition) is 3.